The van der Waals surface area contributed by atoms with Gasteiger partial charge in [0.2, 0.25) is 5.91 Å². The molecule has 0 bridgehead atoms. The highest BCUT2D eigenvalue weighted by Crippen LogP contribution is 2.21. The molecule has 3 amide bonds. The van der Waals surface area contributed by atoms with Gasteiger partial charge < -0.3 is 15.5 Å². The highest BCUT2D eigenvalue weighted by Gasteiger charge is 2.27. The number of hydrogen-bond acceptors (Lipinski definition) is 3. The maximum absolute atomic E-state index is 13.0. The van der Waals surface area contributed by atoms with E-state index in [1.54, 1.807) is 53.4 Å². The molecule has 1 saturated heterocycles. The van der Waals surface area contributed by atoms with Crippen LogP contribution in [0.4, 0.5) is 5.69 Å². The molecular weight excluding hydrogens is 414 g/mol. The molecule has 4 rings (SSSR count). The van der Waals surface area contributed by atoms with Gasteiger partial charge in [0, 0.05) is 42.4 Å². The van der Waals surface area contributed by atoms with Gasteiger partial charge in [-0.2, -0.15) is 0 Å². The second-order valence-electron chi connectivity index (χ2n) is 8.17. The van der Waals surface area contributed by atoms with Crippen molar-refractivity contribution >= 4 is 23.4 Å². The number of anilines is 1. The average molecular weight is 442 g/mol. The molecule has 6 heteroatoms. The molecule has 0 spiro atoms. The lowest BCUT2D eigenvalue weighted by Gasteiger charge is -2.31. The summed E-state index contributed by atoms with van der Waals surface area (Å²) in [4.78, 5) is 39.7. The van der Waals surface area contributed by atoms with Crippen LogP contribution in [0.3, 0.4) is 0 Å². The van der Waals surface area contributed by atoms with Gasteiger partial charge >= 0.3 is 0 Å². The Balaban J connectivity index is 1.30. The first-order valence-corrected chi connectivity index (χ1v) is 11.2. The maximum Gasteiger partial charge on any atom is 0.255 e. The molecule has 0 radical (unpaired) electrons. The number of likely N-dealkylation sites (tertiary alicyclic amines) is 1. The molecule has 2 N–H and O–H groups in total. The number of nitrogens with zero attached hydrogens (tertiary/aromatic N) is 1. The molecule has 1 aliphatic heterocycles. The summed E-state index contributed by atoms with van der Waals surface area (Å²) < 4.78 is 0. The predicted octanol–water partition coefficient (Wildman–Crippen LogP) is 4.11. The molecule has 1 fully saturated rings. The first kappa shape index (κ1) is 22.3. The second-order valence-corrected chi connectivity index (χ2v) is 8.17. The van der Waals surface area contributed by atoms with E-state index in [0.29, 0.717) is 49.3 Å². The molecule has 3 aromatic carbocycles. The summed E-state index contributed by atoms with van der Waals surface area (Å²) in [6, 6.07) is 25.7. The van der Waals surface area contributed by atoms with E-state index in [1.807, 2.05) is 36.4 Å². The fourth-order valence-corrected chi connectivity index (χ4v) is 3.98. The number of carbonyl (C=O) groups is 3. The molecule has 3 aromatic rings. The summed E-state index contributed by atoms with van der Waals surface area (Å²) in [5, 5.41) is 5.84. The lowest BCUT2D eigenvalue weighted by atomic mass is 9.95. The van der Waals surface area contributed by atoms with Crippen LogP contribution in [0.1, 0.15) is 39.1 Å². The number of amides is 3. The lowest BCUT2D eigenvalue weighted by molar-refractivity contribution is -0.126. The molecule has 0 aliphatic carbocycles. The minimum Gasteiger partial charge on any atom is -0.352 e. The third-order valence-electron chi connectivity index (χ3n) is 5.87. The summed E-state index contributed by atoms with van der Waals surface area (Å²) in [7, 11) is 0. The van der Waals surface area contributed by atoms with Crippen LogP contribution in [0.5, 0.6) is 0 Å². The molecule has 0 atom stereocenters. The second kappa shape index (κ2) is 10.6. The fourth-order valence-electron chi connectivity index (χ4n) is 3.98. The Hall–Kier alpha value is -3.93. The molecule has 1 heterocycles. The summed E-state index contributed by atoms with van der Waals surface area (Å²) in [5.41, 5.74) is 2.72. The van der Waals surface area contributed by atoms with Crippen molar-refractivity contribution < 1.29 is 14.4 Å². The van der Waals surface area contributed by atoms with Gasteiger partial charge in [-0.05, 0) is 48.7 Å². The summed E-state index contributed by atoms with van der Waals surface area (Å²) in [5.74, 6) is -0.359. The number of rotatable bonds is 6. The van der Waals surface area contributed by atoms with Gasteiger partial charge in [-0.3, -0.25) is 14.4 Å². The van der Waals surface area contributed by atoms with Crippen molar-refractivity contribution in [3.05, 3.63) is 102 Å². The maximum atomic E-state index is 13.0. The van der Waals surface area contributed by atoms with Crippen LogP contribution in [0.15, 0.2) is 84.9 Å². The van der Waals surface area contributed by atoms with Crippen molar-refractivity contribution in [3.63, 3.8) is 0 Å². The molecule has 0 saturated carbocycles. The van der Waals surface area contributed by atoms with Gasteiger partial charge in [0.15, 0.2) is 0 Å². The Bertz CT molecular complexity index is 1110. The van der Waals surface area contributed by atoms with Crippen LogP contribution in [0, 0.1) is 5.92 Å². The normalized spacial score (nSPS) is 13.9. The Kier molecular flexibility index (Phi) is 7.15. The number of piperidine rings is 1. The Morgan fingerprint density at radius 1 is 0.788 bits per heavy atom. The van der Waals surface area contributed by atoms with E-state index in [-0.39, 0.29) is 23.6 Å². The molecule has 168 valence electrons. The minimum atomic E-state index is -0.220. The molecule has 33 heavy (non-hydrogen) atoms. The highest BCUT2D eigenvalue weighted by atomic mass is 16.2. The SMILES string of the molecule is O=C(Nc1cccc(C(=O)N2CCC(C(=O)NCc3ccccc3)CC2)c1)c1ccccc1. The van der Waals surface area contributed by atoms with E-state index < -0.39 is 0 Å². The topological polar surface area (TPSA) is 78.5 Å². The Labute approximate surface area is 193 Å². The third kappa shape index (κ3) is 5.86. The first-order chi connectivity index (χ1) is 16.1. The number of nitrogens with one attached hydrogen (secondary N) is 2. The van der Waals surface area contributed by atoms with Crippen molar-refractivity contribution in [2.24, 2.45) is 5.92 Å². The van der Waals surface area contributed by atoms with Crippen molar-refractivity contribution in [1.82, 2.24) is 10.2 Å². The van der Waals surface area contributed by atoms with E-state index in [2.05, 4.69) is 10.6 Å². The monoisotopic (exact) mass is 441 g/mol. The van der Waals surface area contributed by atoms with Gasteiger partial charge in [0.25, 0.3) is 11.8 Å². The summed E-state index contributed by atoms with van der Waals surface area (Å²) in [6.07, 6.45) is 1.27. The van der Waals surface area contributed by atoms with Crippen LogP contribution in [0.2, 0.25) is 0 Å². The Morgan fingerprint density at radius 2 is 1.42 bits per heavy atom. The van der Waals surface area contributed by atoms with Crippen molar-refractivity contribution in [2.75, 3.05) is 18.4 Å². The quantitative estimate of drug-likeness (QED) is 0.604. The average Bonchev–Trinajstić information content (AvgIpc) is 2.88. The largest absolute Gasteiger partial charge is 0.352 e. The van der Waals surface area contributed by atoms with E-state index in [4.69, 9.17) is 0 Å². The zero-order valence-electron chi connectivity index (χ0n) is 18.4. The van der Waals surface area contributed by atoms with Crippen LogP contribution in [-0.2, 0) is 11.3 Å². The van der Waals surface area contributed by atoms with Gasteiger partial charge in [-0.15, -0.1) is 0 Å². The summed E-state index contributed by atoms with van der Waals surface area (Å²) >= 11 is 0. The minimum absolute atomic E-state index is 0.0385. The molecule has 0 unspecified atom stereocenters. The van der Waals surface area contributed by atoms with Crippen LogP contribution in [0.25, 0.3) is 0 Å². The molecule has 6 nitrogen and oxygen atoms in total. The number of carbonyl (C=O) groups excluding carboxylic acids is 3. The lowest BCUT2D eigenvalue weighted by Crippen LogP contribution is -2.42. The Morgan fingerprint density at radius 3 is 2.12 bits per heavy atom. The van der Waals surface area contributed by atoms with E-state index >= 15 is 0 Å². The van der Waals surface area contributed by atoms with Crippen LogP contribution < -0.4 is 10.6 Å². The predicted molar refractivity (Wildman–Crippen MR) is 128 cm³/mol. The van der Waals surface area contributed by atoms with Gasteiger partial charge in [0.05, 0.1) is 0 Å². The van der Waals surface area contributed by atoms with Crippen molar-refractivity contribution in [3.8, 4) is 0 Å². The number of hydrogen-bond donors (Lipinski definition) is 2. The smallest absolute Gasteiger partial charge is 0.255 e. The molecule has 0 aromatic heterocycles. The van der Waals surface area contributed by atoms with Crippen molar-refractivity contribution in [2.45, 2.75) is 19.4 Å². The van der Waals surface area contributed by atoms with Crippen LogP contribution >= 0.6 is 0 Å². The number of benzene rings is 3. The molecular formula is C27H27N3O3. The first-order valence-electron chi connectivity index (χ1n) is 11.2. The molecule has 1 aliphatic rings. The van der Waals surface area contributed by atoms with Gasteiger partial charge in [0.1, 0.15) is 0 Å². The third-order valence-corrected chi connectivity index (χ3v) is 5.87. The van der Waals surface area contributed by atoms with Gasteiger partial charge in [-0.25, -0.2) is 0 Å². The standard InChI is InChI=1S/C27H27N3O3/c31-25(28-19-20-8-3-1-4-9-20)22-14-16-30(17-15-22)27(33)23-12-7-13-24(18-23)29-26(32)21-10-5-2-6-11-21/h1-13,18,22H,14-17,19H2,(H,28,31)(H,29,32). The van der Waals surface area contributed by atoms with E-state index in [0.717, 1.165) is 5.56 Å². The van der Waals surface area contributed by atoms with Crippen molar-refractivity contribution in [1.29, 1.82) is 0 Å². The fraction of sp³-hybridized carbons (Fsp3) is 0.222. The van der Waals surface area contributed by atoms with E-state index in [1.165, 1.54) is 0 Å². The van der Waals surface area contributed by atoms with E-state index in [9.17, 15) is 14.4 Å². The zero-order chi connectivity index (χ0) is 23.0. The van der Waals surface area contributed by atoms with Gasteiger partial charge in [-0.1, -0.05) is 54.6 Å². The zero-order valence-corrected chi connectivity index (χ0v) is 18.4. The summed E-state index contributed by atoms with van der Waals surface area (Å²) in [6.45, 7) is 1.58. The highest BCUT2D eigenvalue weighted by molar-refractivity contribution is 6.05. The van der Waals surface area contributed by atoms with Crippen LogP contribution in [-0.4, -0.2) is 35.7 Å².